The van der Waals surface area contributed by atoms with Crippen LogP contribution in [0.25, 0.3) is 11.4 Å². The van der Waals surface area contributed by atoms with Crippen LogP contribution < -0.4 is 5.32 Å². The molecule has 0 spiro atoms. The highest BCUT2D eigenvalue weighted by atomic mass is 16.6. The Labute approximate surface area is 174 Å². The molecule has 2 aromatic carbocycles. The lowest BCUT2D eigenvalue weighted by atomic mass is 9.91. The summed E-state index contributed by atoms with van der Waals surface area (Å²) in [6.45, 7) is 5.99. The molecule has 3 aromatic rings. The van der Waals surface area contributed by atoms with Gasteiger partial charge in [-0.2, -0.15) is 4.98 Å². The van der Waals surface area contributed by atoms with E-state index in [1.807, 2.05) is 51.1 Å². The Hall–Kier alpha value is -3.55. The van der Waals surface area contributed by atoms with E-state index < -0.39 is 11.0 Å². The third-order valence-electron chi connectivity index (χ3n) is 4.38. The molecule has 0 bridgehead atoms. The molecule has 1 unspecified atom stereocenters. The lowest BCUT2D eigenvalue weighted by Crippen LogP contribution is -2.32. The summed E-state index contributed by atoms with van der Waals surface area (Å²) < 4.78 is 5.45. The Morgan fingerprint density at radius 1 is 1.13 bits per heavy atom. The van der Waals surface area contributed by atoms with Crippen molar-refractivity contribution in [2.45, 2.75) is 39.7 Å². The van der Waals surface area contributed by atoms with Crippen LogP contribution in [0, 0.1) is 15.5 Å². The molecule has 1 N–H and O–H groups in total. The molecule has 1 aromatic heterocycles. The van der Waals surface area contributed by atoms with Gasteiger partial charge in [0.2, 0.25) is 17.6 Å². The van der Waals surface area contributed by atoms with Crippen molar-refractivity contribution in [1.82, 2.24) is 15.5 Å². The van der Waals surface area contributed by atoms with Crippen LogP contribution in [0.5, 0.6) is 0 Å². The fourth-order valence-corrected chi connectivity index (χ4v) is 3.00. The van der Waals surface area contributed by atoms with Crippen LogP contribution in [0.2, 0.25) is 0 Å². The summed E-state index contributed by atoms with van der Waals surface area (Å²) >= 11 is 0. The second-order valence-electron chi connectivity index (χ2n) is 8.31. The number of hydrogen-bond acceptors (Lipinski definition) is 6. The SMILES string of the molecule is CC(C)(C)CC(=O)NC(Cc1ccccc1)c1nc(-c2ccc([N+](=O)[O-])cc2)no1. The first kappa shape index (κ1) is 21.2. The van der Waals surface area contributed by atoms with Crippen molar-refractivity contribution in [2.24, 2.45) is 5.41 Å². The zero-order valence-corrected chi connectivity index (χ0v) is 17.2. The maximum atomic E-state index is 12.5. The first-order chi connectivity index (χ1) is 14.2. The number of nitrogens with one attached hydrogen (secondary N) is 1. The molecule has 0 aliphatic heterocycles. The zero-order chi connectivity index (χ0) is 21.7. The van der Waals surface area contributed by atoms with E-state index in [0.29, 0.717) is 24.2 Å². The van der Waals surface area contributed by atoms with Crippen molar-refractivity contribution in [3.63, 3.8) is 0 Å². The van der Waals surface area contributed by atoms with Crippen molar-refractivity contribution in [3.8, 4) is 11.4 Å². The highest BCUT2D eigenvalue weighted by Crippen LogP contribution is 2.24. The summed E-state index contributed by atoms with van der Waals surface area (Å²) in [5.41, 5.74) is 1.45. The van der Waals surface area contributed by atoms with Crippen LogP contribution in [0.15, 0.2) is 59.1 Å². The minimum atomic E-state index is -0.485. The van der Waals surface area contributed by atoms with Gasteiger partial charge in [-0.25, -0.2) is 0 Å². The maximum absolute atomic E-state index is 12.5. The fraction of sp³-hybridized carbons (Fsp3) is 0.318. The van der Waals surface area contributed by atoms with Gasteiger partial charge in [0.05, 0.1) is 4.92 Å². The number of aromatic nitrogens is 2. The molecule has 0 aliphatic rings. The first-order valence-electron chi connectivity index (χ1n) is 9.63. The van der Waals surface area contributed by atoms with E-state index in [4.69, 9.17) is 4.52 Å². The minimum absolute atomic E-state index is 0.0149. The van der Waals surface area contributed by atoms with Gasteiger partial charge in [-0.05, 0) is 23.1 Å². The molecule has 0 fully saturated rings. The Kier molecular flexibility index (Phi) is 6.25. The van der Waals surface area contributed by atoms with Crippen LogP contribution in [0.4, 0.5) is 5.69 Å². The molecular formula is C22H24N4O4. The van der Waals surface area contributed by atoms with Gasteiger partial charge >= 0.3 is 0 Å². The second-order valence-corrected chi connectivity index (χ2v) is 8.31. The lowest BCUT2D eigenvalue weighted by Gasteiger charge is -2.20. The van der Waals surface area contributed by atoms with Gasteiger partial charge in [0.15, 0.2) is 0 Å². The van der Waals surface area contributed by atoms with Gasteiger partial charge in [-0.3, -0.25) is 14.9 Å². The van der Waals surface area contributed by atoms with Gasteiger partial charge < -0.3 is 9.84 Å². The van der Waals surface area contributed by atoms with E-state index in [1.54, 1.807) is 12.1 Å². The molecule has 0 radical (unpaired) electrons. The van der Waals surface area contributed by atoms with Gasteiger partial charge in [-0.15, -0.1) is 0 Å². The van der Waals surface area contributed by atoms with Crippen LogP contribution in [0.3, 0.4) is 0 Å². The van der Waals surface area contributed by atoms with E-state index >= 15 is 0 Å². The number of hydrogen-bond donors (Lipinski definition) is 1. The number of carbonyl (C=O) groups excluding carboxylic acids is 1. The van der Waals surface area contributed by atoms with Gasteiger partial charge in [0.25, 0.3) is 5.69 Å². The third kappa shape index (κ3) is 5.73. The Bertz CT molecular complexity index is 1010. The Morgan fingerprint density at radius 3 is 2.40 bits per heavy atom. The largest absolute Gasteiger partial charge is 0.344 e. The van der Waals surface area contributed by atoms with E-state index in [2.05, 4.69) is 15.5 Å². The van der Waals surface area contributed by atoms with E-state index in [-0.39, 0.29) is 22.9 Å². The second kappa shape index (κ2) is 8.86. The van der Waals surface area contributed by atoms with Crippen LogP contribution >= 0.6 is 0 Å². The lowest BCUT2D eigenvalue weighted by molar-refractivity contribution is -0.384. The molecule has 3 rings (SSSR count). The summed E-state index contributed by atoms with van der Waals surface area (Å²) in [6, 6.07) is 15.1. The Morgan fingerprint density at radius 2 is 1.80 bits per heavy atom. The maximum Gasteiger partial charge on any atom is 0.269 e. The molecule has 1 amide bonds. The minimum Gasteiger partial charge on any atom is -0.344 e. The van der Waals surface area contributed by atoms with Crippen LogP contribution in [-0.4, -0.2) is 21.0 Å². The first-order valence-corrected chi connectivity index (χ1v) is 9.63. The summed E-state index contributed by atoms with van der Waals surface area (Å²) in [5.74, 6) is 0.496. The number of nitrogens with zero attached hydrogens (tertiary/aromatic N) is 3. The number of rotatable bonds is 7. The van der Waals surface area contributed by atoms with Crippen molar-refractivity contribution in [1.29, 1.82) is 0 Å². The predicted octanol–water partition coefficient (Wildman–Crippen LogP) is 4.48. The molecule has 0 saturated heterocycles. The topological polar surface area (TPSA) is 111 Å². The molecule has 156 valence electrons. The summed E-state index contributed by atoms with van der Waals surface area (Å²) in [6.07, 6.45) is 0.861. The third-order valence-corrected chi connectivity index (χ3v) is 4.38. The van der Waals surface area contributed by atoms with Gasteiger partial charge in [0.1, 0.15) is 6.04 Å². The number of amides is 1. The fourth-order valence-electron chi connectivity index (χ4n) is 3.00. The number of benzene rings is 2. The van der Waals surface area contributed by atoms with Crippen LogP contribution in [-0.2, 0) is 11.2 Å². The van der Waals surface area contributed by atoms with Crippen molar-refractivity contribution in [3.05, 3.63) is 76.2 Å². The number of non-ortho nitro benzene ring substituents is 1. The molecule has 0 saturated carbocycles. The van der Waals surface area contributed by atoms with Gasteiger partial charge in [0, 0.05) is 30.5 Å². The molecular weight excluding hydrogens is 384 g/mol. The van der Waals surface area contributed by atoms with E-state index in [1.165, 1.54) is 12.1 Å². The average Bonchev–Trinajstić information content (AvgIpc) is 3.17. The molecule has 30 heavy (non-hydrogen) atoms. The molecule has 8 nitrogen and oxygen atoms in total. The van der Waals surface area contributed by atoms with E-state index in [9.17, 15) is 14.9 Å². The van der Waals surface area contributed by atoms with Crippen molar-refractivity contribution >= 4 is 11.6 Å². The van der Waals surface area contributed by atoms with Crippen molar-refractivity contribution < 1.29 is 14.2 Å². The summed E-state index contributed by atoms with van der Waals surface area (Å²) in [4.78, 5) is 27.4. The number of nitro benzene ring substituents is 1. The van der Waals surface area contributed by atoms with Crippen LogP contribution in [0.1, 0.15) is 44.7 Å². The molecule has 1 atom stereocenters. The average molecular weight is 408 g/mol. The monoisotopic (exact) mass is 408 g/mol. The molecule has 1 heterocycles. The molecule has 0 aliphatic carbocycles. The quantitative estimate of drug-likeness (QED) is 0.456. The highest BCUT2D eigenvalue weighted by molar-refractivity contribution is 5.77. The molecule has 8 heteroatoms. The van der Waals surface area contributed by atoms with Gasteiger partial charge in [-0.1, -0.05) is 56.3 Å². The number of nitro groups is 1. The zero-order valence-electron chi connectivity index (χ0n) is 17.2. The van der Waals surface area contributed by atoms with Crippen molar-refractivity contribution in [2.75, 3.05) is 0 Å². The predicted molar refractivity (Wildman–Crippen MR) is 111 cm³/mol. The smallest absolute Gasteiger partial charge is 0.269 e. The summed E-state index contributed by atoms with van der Waals surface area (Å²) in [5, 5.41) is 17.8. The number of carbonyl (C=O) groups is 1. The normalized spacial score (nSPS) is 12.4. The Balaban J connectivity index is 1.84. The highest BCUT2D eigenvalue weighted by Gasteiger charge is 2.25. The van der Waals surface area contributed by atoms with E-state index in [0.717, 1.165) is 5.56 Å². The standard InChI is InChI=1S/C22H24N4O4/c1-22(2,3)14-19(27)23-18(13-15-7-5-4-6-8-15)21-24-20(25-30-21)16-9-11-17(12-10-16)26(28)29/h4-12,18H,13-14H2,1-3H3,(H,23,27). The summed E-state index contributed by atoms with van der Waals surface area (Å²) in [7, 11) is 0.